The minimum atomic E-state index is 0.982. The van der Waals surface area contributed by atoms with Crippen LogP contribution >= 0.6 is 0 Å². The van der Waals surface area contributed by atoms with E-state index in [2.05, 4.69) is 252 Å². The van der Waals surface area contributed by atoms with Crippen molar-refractivity contribution >= 4 is 38.9 Å². The number of nitrogens with zero attached hydrogens (tertiary/aromatic N) is 2. The standard InChI is InChI=1S/C37H25N.C26H21N/c1-3-11-25(12-4-1)28-21-29(26-13-5-2-6-14-26)23-30(22-28)38-35-18-10-9-17-33(35)37-34-24-27-15-7-8-16-31(27)32(34)19-20-36(37)38;1-3-11-24(12-4-1)27(25-13-5-2-6-14-25)26-16-15-22-17-20-9-7-8-10-21(20)18-23(22)19-26/h1-23H,24H2;1-16,19H,17-18H2. The summed E-state index contributed by atoms with van der Waals surface area (Å²) in [4.78, 5) is 2.33. The summed E-state index contributed by atoms with van der Waals surface area (Å²) in [5.74, 6) is 0. The molecule has 10 aromatic carbocycles. The Morgan fingerprint density at radius 3 is 1.48 bits per heavy atom. The van der Waals surface area contributed by atoms with Crippen molar-refractivity contribution in [1.82, 2.24) is 4.57 Å². The predicted octanol–water partition coefficient (Wildman–Crippen LogP) is 16.3. The van der Waals surface area contributed by atoms with Crippen molar-refractivity contribution in [2.24, 2.45) is 0 Å². The van der Waals surface area contributed by atoms with Crippen molar-refractivity contribution in [3.05, 3.63) is 276 Å². The average Bonchev–Trinajstić information content (AvgIpc) is 3.93. The van der Waals surface area contributed by atoms with E-state index < -0.39 is 0 Å². The molecule has 65 heavy (non-hydrogen) atoms. The van der Waals surface area contributed by atoms with Gasteiger partial charge in [0, 0.05) is 33.5 Å². The van der Waals surface area contributed by atoms with Gasteiger partial charge in [0.2, 0.25) is 0 Å². The molecule has 2 heteroatoms. The molecule has 0 radical (unpaired) electrons. The Balaban J connectivity index is 0.000000145. The largest absolute Gasteiger partial charge is 0.310 e. The van der Waals surface area contributed by atoms with Gasteiger partial charge in [-0.3, -0.25) is 0 Å². The molecule has 1 aromatic heterocycles. The highest BCUT2D eigenvalue weighted by atomic mass is 15.1. The van der Waals surface area contributed by atoms with Gasteiger partial charge in [-0.2, -0.15) is 0 Å². The van der Waals surface area contributed by atoms with Crippen LogP contribution in [0, 0.1) is 0 Å². The topological polar surface area (TPSA) is 8.17 Å². The predicted molar refractivity (Wildman–Crippen MR) is 273 cm³/mol. The van der Waals surface area contributed by atoms with E-state index in [1.807, 2.05) is 0 Å². The summed E-state index contributed by atoms with van der Waals surface area (Å²) in [5.41, 5.74) is 23.6. The average molecular weight is 831 g/mol. The molecule has 308 valence electrons. The van der Waals surface area contributed by atoms with Crippen LogP contribution in [0.3, 0.4) is 0 Å². The van der Waals surface area contributed by atoms with Crippen LogP contribution in [-0.4, -0.2) is 4.57 Å². The molecule has 0 aliphatic heterocycles. The second-order valence-corrected chi connectivity index (χ2v) is 17.3. The summed E-state index contributed by atoms with van der Waals surface area (Å²) in [6.07, 6.45) is 3.02. The lowest BCUT2D eigenvalue weighted by Gasteiger charge is -2.27. The number of hydrogen-bond acceptors (Lipinski definition) is 1. The zero-order chi connectivity index (χ0) is 43.1. The quantitative estimate of drug-likeness (QED) is 0.162. The van der Waals surface area contributed by atoms with E-state index in [-0.39, 0.29) is 0 Å². The van der Waals surface area contributed by atoms with Gasteiger partial charge < -0.3 is 9.47 Å². The summed E-state index contributed by atoms with van der Waals surface area (Å²) in [7, 11) is 0. The Labute approximate surface area is 381 Å². The summed E-state index contributed by atoms with van der Waals surface area (Å²) in [6, 6.07) is 87.7. The zero-order valence-corrected chi connectivity index (χ0v) is 36.1. The lowest BCUT2D eigenvalue weighted by Crippen LogP contribution is -2.12. The van der Waals surface area contributed by atoms with Gasteiger partial charge in [-0.15, -0.1) is 0 Å². The van der Waals surface area contributed by atoms with Crippen molar-refractivity contribution < 1.29 is 0 Å². The minimum absolute atomic E-state index is 0.982. The Morgan fingerprint density at radius 2 is 0.831 bits per heavy atom. The Morgan fingerprint density at radius 1 is 0.308 bits per heavy atom. The molecule has 0 amide bonds. The number of anilines is 3. The Bertz CT molecular complexity index is 3400. The van der Waals surface area contributed by atoms with E-state index >= 15 is 0 Å². The summed E-state index contributed by atoms with van der Waals surface area (Å²) < 4.78 is 2.47. The van der Waals surface area contributed by atoms with Crippen LogP contribution in [-0.2, 0) is 19.3 Å². The minimum Gasteiger partial charge on any atom is -0.310 e. The number of benzene rings is 10. The second kappa shape index (κ2) is 16.5. The highest BCUT2D eigenvalue weighted by Gasteiger charge is 2.25. The third kappa shape index (κ3) is 7.10. The Kier molecular flexibility index (Phi) is 9.76. The maximum atomic E-state index is 2.47. The van der Waals surface area contributed by atoms with Gasteiger partial charge in [0.1, 0.15) is 0 Å². The lowest BCUT2D eigenvalue weighted by molar-refractivity contribution is 0.999. The SMILES string of the molecule is c1ccc(-c2cc(-c3ccccc3)cc(-n3c4ccccc4c4c5c(ccc43)-c3ccccc3C5)c2)cc1.c1ccc(N(c2ccccc2)c2ccc3c(c2)Cc2ccccc2C3)cc1. The Hall–Kier alpha value is -8.20. The van der Waals surface area contributed by atoms with Gasteiger partial charge in [0.25, 0.3) is 0 Å². The molecular formula is C63H46N2. The van der Waals surface area contributed by atoms with E-state index in [0.717, 1.165) is 19.3 Å². The molecule has 0 unspecified atom stereocenters. The van der Waals surface area contributed by atoms with Gasteiger partial charge >= 0.3 is 0 Å². The molecule has 2 aliphatic carbocycles. The smallest absolute Gasteiger partial charge is 0.0544 e. The summed E-state index contributed by atoms with van der Waals surface area (Å²) in [5, 5.41) is 2.69. The number of hydrogen-bond donors (Lipinski definition) is 0. The van der Waals surface area contributed by atoms with Crippen LogP contribution in [0.1, 0.15) is 33.4 Å². The number of fused-ring (bicyclic) bond motifs is 9. The van der Waals surface area contributed by atoms with Gasteiger partial charge in [-0.1, -0.05) is 176 Å². The number of rotatable bonds is 6. The van der Waals surface area contributed by atoms with Crippen molar-refractivity contribution in [1.29, 1.82) is 0 Å². The van der Waals surface area contributed by atoms with E-state index in [1.54, 1.807) is 0 Å². The molecule has 0 saturated heterocycles. The third-order valence-electron chi connectivity index (χ3n) is 13.4. The van der Waals surface area contributed by atoms with Gasteiger partial charge in [-0.05, 0) is 153 Å². The van der Waals surface area contributed by atoms with Crippen LogP contribution in [0.4, 0.5) is 17.1 Å². The molecular weight excluding hydrogens is 785 g/mol. The van der Waals surface area contributed by atoms with Crippen LogP contribution in [0.5, 0.6) is 0 Å². The van der Waals surface area contributed by atoms with Gasteiger partial charge in [0.15, 0.2) is 0 Å². The molecule has 0 fully saturated rings. The highest BCUT2D eigenvalue weighted by Crippen LogP contribution is 2.45. The first kappa shape index (κ1) is 38.5. The zero-order valence-electron chi connectivity index (χ0n) is 36.1. The fraction of sp³-hybridized carbons (Fsp3) is 0.0476. The van der Waals surface area contributed by atoms with Crippen LogP contribution in [0.15, 0.2) is 243 Å². The van der Waals surface area contributed by atoms with Crippen LogP contribution in [0.25, 0.3) is 60.9 Å². The molecule has 0 atom stereocenters. The second-order valence-electron chi connectivity index (χ2n) is 17.3. The van der Waals surface area contributed by atoms with Crippen molar-refractivity contribution in [3.8, 4) is 39.1 Å². The molecule has 1 heterocycles. The normalized spacial score (nSPS) is 12.1. The lowest BCUT2D eigenvalue weighted by atomic mass is 9.86. The molecule has 2 nitrogen and oxygen atoms in total. The monoisotopic (exact) mass is 830 g/mol. The number of aromatic nitrogens is 1. The van der Waals surface area contributed by atoms with Gasteiger partial charge in [0.05, 0.1) is 11.0 Å². The summed E-state index contributed by atoms with van der Waals surface area (Å²) in [6.45, 7) is 0. The van der Waals surface area contributed by atoms with E-state index in [4.69, 9.17) is 0 Å². The molecule has 0 spiro atoms. The van der Waals surface area contributed by atoms with Crippen LogP contribution in [0.2, 0.25) is 0 Å². The number of para-hydroxylation sites is 3. The van der Waals surface area contributed by atoms with Gasteiger partial charge in [-0.25, -0.2) is 0 Å². The molecule has 11 aromatic rings. The molecule has 0 bridgehead atoms. The molecule has 2 aliphatic rings. The first-order chi connectivity index (χ1) is 32.2. The summed E-state index contributed by atoms with van der Waals surface area (Å²) >= 11 is 0. The maximum Gasteiger partial charge on any atom is 0.0544 e. The molecule has 13 rings (SSSR count). The van der Waals surface area contributed by atoms with Crippen molar-refractivity contribution in [2.45, 2.75) is 19.3 Å². The molecule has 0 N–H and O–H groups in total. The first-order valence-electron chi connectivity index (χ1n) is 22.7. The van der Waals surface area contributed by atoms with Crippen LogP contribution < -0.4 is 4.90 Å². The first-order valence-corrected chi connectivity index (χ1v) is 22.7. The van der Waals surface area contributed by atoms with Crippen molar-refractivity contribution in [2.75, 3.05) is 4.90 Å². The van der Waals surface area contributed by atoms with E-state index in [0.29, 0.717) is 0 Å². The van der Waals surface area contributed by atoms with Crippen molar-refractivity contribution in [3.63, 3.8) is 0 Å². The van der Waals surface area contributed by atoms with E-state index in [9.17, 15) is 0 Å². The fourth-order valence-corrected chi connectivity index (χ4v) is 10.3. The maximum absolute atomic E-state index is 2.47. The fourth-order valence-electron chi connectivity index (χ4n) is 10.3. The highest BCUT2D eigenvalue weighted by molar-refractivity contribution is 6.13. The molecule has 0 saturated carbocycles. The third-order valence-corrected chi connectivity index (χ3v) is 13.4. The van der Waals surface area contributed by atoms with E-state index in [1.165, 1.54) is 111 Å².